The molecular weight excluding hydrogens is 176 g/mol. The summed E-state index contributed by atoms with van der Waals surface area (Å²) in [6, 6.07) is 0. The summed E-state index contributed by atoms with van der Waals surface area (Å²) in [4.78, 5) is 0. The first-order valence-electron chi connectivity index (χ1n) is 2.76. The van der Waals surface area contributed by atoms with Crippen LogP contribution in [0.5, 0.6) is 0 Å². The number of halogens is 2. The molecule has 0 fully saturated rings. The van der Waals surface area contributed by atoms with E-state index in [1.807, 2.05) is 0 Å². The summed E-state index contributed by atoms with van der Waals surface area (Å²) in [5.41, 5.74) is 4.86. The molecule has 0 aliphatic carbocycles. The first-order chi connectivity index (χ1) is 4.81. The van der Waals surface area contributed by atoms with Crippen molar-refractivity contribution < 1.29 is 17.2 Å². The highest BCUT2D eigenvalue weighted by molar-refractivity contribution is 7.91. The first-order valence-corrected chi connectivity index (χ1v) is 4.65. The van der Waals surface area contributed by atoms with Crippen molar-refractivity contribution in [1.29, 1.82) is 0 Å². The van der Waals surface area contributed by atoms with Crippen LogP contribution in [0.25, 0.3) is 0 Å². The maximum absolute atomic E-state index is 12.4. The zero-order valence-corrected chi connectivity index (χ0v) is 6.74. The lowest BCUT2D eigenvalue weighted by Crippen LogP contribution is -2.25. The molecular formula is C5H9F2NO2S. The van der Waals surface area contributed by atoms with Crippen LogP contribution < -0.4 is 5.73 Å². The van der Waals surface area contributed by atoms with Crippen LogP contribution in [-0.4, -0.2) is 26.5 Å². The quantitative estimate of drug-likeness (QED) is 0.636. The van der Waals surface area contributed by atoms with E-state index in [0.717, 1.165) is 6.08 Å². The molecule has 0 heterocycles. The van der Waals surface area contributed by atoms with Gasteiger partial charge in [-0.15, -0.1) is 0 Å². The van der Waals surface area contributed by atoms with E-state index in [-0.39, 0.29) is 12.6 Å². The Hall–Kier alpha value is -0.490. The van der Waals surface area contributed by atoms with Crippen molar-refractivity contribution in [3.63, 3.8) is 0 Å². The second-order valence-corrected chi connectivity index (χ2v) is 4.06. The summed E-state index contributed by atoms with van der Waals surface area (Å²) < 4.78 is 45.4. The van der Waals surface area contributed by atoms with Crippen molar-refractivity contribution >= 4 is 9.84 Å². The van der Waals surface area contributed by atoms with Gasteiger partial charge in [0.25, 0.3) is 0 Å². The molecule has 6 heteroatoms. The zero-order chi connectivity index (χ0) is 9.12. The Morgan fingerprint density at radius 1 is 1.55 bits per heavy atom. The smallest absolute Gasteiger partial charge is 0.327 e. The molecule has 0 aromatic heterocycles. The highest BCUT2D eigenvalue weighted by atomic mass is 32.2. The molecule has 0 aromatic rings. The number of hydrogen-bond donors (Lipinski definition) is 1. The molecule has 0 aliphatic rings. The molecule has 0 rings (SSSR count). The van der Waals surface area contributed by atoms with Crippen LogP contribution in [0.3, 0.4) is 0 Å². The van der Waals surface area contributed by atoms with Gasteiger partial charge in [-0.05, 0) is 6.08 Å². The molecule has 0 saturated carbocycles. The van der Waals surface area contributed by atoms with Crippen molar-refractivity contribution in [3.05, 3.63) is 12.2 Å². The zero-order valence-electron chi connectivity index (χ0n) is 5.92. The van der Waals surface area contributed by atoms with Gasteiger partial charge in [0.2, 0.25) is 9.84 Å². The van der Waals surface area contributed by atoms with E-state index in [1.165, 1.54) is 0 Å². The van der Waals surface area contributed by atoms with Gasteiger partial charge < -0.3 is 5.73 Å². The largest absolute Gasteiger partial charge is 0.363 e. The minimum Gasteiger partial charge on any atom is -0.327 e. The third-order valence-corrected chi connectivity index (χ3v) is 2.07. The summed E-state index contributed by atoms with van der Waals surface area (Å²) in [6.45, 7) is -0.106. The highest BCUT2D eigenvalue weighted by Gasteiger charge is 2.37. The lowest BCUT2D eigenvalue weighted by atomic mass is 10.5. The molecule has 0 aliphatic heterocycles. The summed E-state index contributed by atoms with van der Waals surface area (Å²) >= 11 is 0. The minimum absolute atomic E-state index is 0.106. The summed E-state index contributed by atoms with van der Waals surface area (Å²) in [7, 11) is -4.35. The molecule has 0 atom stereocenters. The van der Waals surface area contributed by atoms with Gasteiger partial charge >= 0.3 is 5.25 Å². The molecule has 0 radical (unpaired) electrons. The van der Waals surface area contributed by atoms with Crippen molar-refractivity contribution in [1.82, 2.24) is 0 Å². The fraction of sp³-hybridized carbons (Fsp3) is 0.600. The van der Waals surface area contributed by atoms with Crippen LogP contribution in [0.2, 0.25) is 0 Å². The summed E-state index contributed by atoms with van der Waals surface area (Å²) in [5, 5.41) is -3.80. The van der Waals surface area contributed by atoms with Crippen LogP contribution >= 0.6 is 0 Å². The number of rotatable bonds is 3. The first kappa shape index (κ1) is 10.5. The molecule has 0 aromatic carbocycles. The van der Waals surface area contributed by atoms with Gasteiger partial charge in [0.15, 0.2) is 0 Å². The Kier molecular flexibility index (Phi) is 3.13. The van der Waals surface area contributed by atoms with Gasteiger partial charge in [-0.2, -0.15) is 8.78 Å². The van der Waals surface area contributed by atoms with E-state index in [1.54, 1.807) is 0 Å². The third kappa shape index (κ3) is 2.94. The molecule has 0 amide bonds. The van der Waals surface area contributed by atoms with Crippen molar-refractivity contribution in [2.75, 3.05) is 12.8 Å². The monoisotopic (exact) mass is 185 g/mol. The Morgan fingerprint density at radius 3 is 2.27 bits per heavy atom. The Labute approximate surface area is 63.8 Å². The van der Waals surface area contributed by atoms with E-state index in [0.29, 0.717) is 6.26 Å². The third-order valence-electron chi connectivity index (χ3n) is 0.942. The number of nitrogens with two attached hydrogens (primary N) is 1. The van der Waals surface area contributed by atoms with Crippen molar-refractivity contribution in [3.8, 4) is 0 Å². The van der Waals surface area contributed by atoms with Crippen LogP contribution in [0.1, 0.15) is 0 Å². The predicted molar refractivity (Wildman–Crippen MR) is 38.0 cm³/mol. The molecule has 11 heavy (non-hydrogen) atoms. The molecule has 0 bridgehead atoms. The average Bonchev–Trinajstić information content (AvgIpc) is 1.81. The second kappa shape index (κ2) is 3.27. The lowest BCUT2D eigenvalue weighted by Gasteiger charge is -2.07. The Bertz CT molecular complexity index is 245. The molecule has 0 unspecified atom stereocenters. The van der Waals surface area contributed by atoms with Gasteiger partial charge in [-0.1, -0.05) is 6.08 Å². The number of hydrogen-bond acceptors (Lipinski definition) is 3. The summed E-state index contributed by atoms with van der Waals surface area (Å²) in [6.07, 6.45) is 1.65. The minimum atomic E-state index is -4.35. The van der Waals surface area contributed by atoms with E-state index < -0.39 is 15.1 Å². The van der Waals surface area contributed by atoms with Crippen LogP contribution in [0.4, 0.5) is 8.78 Å². The van der Waals surface area contributed by atoms with Crippen molar-refractivity contribution in [2.45, 2.75) is 5.25 Å². The molecule has 3 nitrogen and oxygen atoms in total. The van der Waals surface area contributed by atoms with Crippen LogP contribution in [0.15, 0.2) is 12.2 Å². The van der Waals surface area contributed by atoms with E-state index in [2.05, 4.69) is 0 Å². The van der Waals surface area contributed by atoms with Gasteiger partial charge in [0, 0.05) is 12.8 Å². The van der Waals surface area contributed by atoms with Gasteiger partial charge in [-0.3, -0.25) is 0 Å². The van der Waals surface area contributed by atoms with Gasteiger partial charge in [0.1, 0.15) is 0 Å². The second-order valence-electron chi connectivity index (χ2n) is 1.97. The highest BCUT2D eigenvalue weighted by Crippen LogP contribution is 2.21. The fourth-order valence-corrected chi connectivity index (χ4v) is 0.672. The molecule has 66 valence electrons. The standard InChI is InChI=1S/C5H9F2NO2S/c1-11(9,10)5(6,7)3-2-4-8/h2-3H,4,8H2,1H3. The Morgan fingerprint density at radius 2 is 2.00 bits per heavy atom. The van der Waals surface area contributed by atoms with Gasteiger partial charge in [-0.25, -0.2) is 8.42 Å². The number of alkyl halides is 2. The molecule has 2 N–H and O–H groups in total. The maximum Gasteiger partial charge on any atom is 0.363 e. The average molecular weight is 185 g/mol. The predicted octanol–water partition coefficient (Wildman–Crippen LogP) is 0.139. The number of sulfone groups is 1. The summed E-state index contributed by atoms with van der Waals surface area (Å²) in [5.74, 6) is 0. The van der Waals surface area contributed by atoms with Crippen LogP contribution in [-0.2, 0) is 9.84 Å². The van der Waals surface area contributed by atoms with Crippen LogP contribution in [0, 0.1) is 0 Å². The lowest BCUT2D eigenvalue weighted by molar-refractivity contribution is 0.148. The van der Waals surface area contributed by atoms with E-state index >= 15 is 0 Å². The normalized spacial score (nSPS) is 14.2. The van der Waals surface area contributed by atoms with Crippen molar-refractivity contribution in [2.24, 2.45) is 5.73 Å². The fourth-order valence-electron chi connectivity index (χ4n) is 0.329. The van der Waals surface area contributed by atoms with Gasteiger partial charge in [0.05, 0.1) is 0 Å². The SMILES string of the molecule is CS(=O)(=O)C(F)(F)C=CCN. The van der Waals surface area contributed by atoms with E-state index in [4.69, 9.17) is 5.73 Å². The maximum atomic E-state index is 12.4. The molecule has 0 saturated heterocycles. The molecule has 0 spiro atoms. The topological polar surface area (TPSA) is 60.2 Å². The van der Waals surface area contributed by atoms with E-state index in [9.17, 15) is 17.2 Å². The Balaban J connectivity index is 4.62.